The maximum Gasteiger partial charge on any atom is 0.351 e. The highest BCUT2D eigenvalue weighted by molar-refractivity contribution is 7.85. The standard InChI is InChI=1S/C14H20N4O6.CH4O3S/c15-9-3-5-18(14(22)17-9)12-11(20)10(19)8(24-12)6-23-13(21)7-2-1-4-16-7;1-5(2,3)4/h3,5,7-8,10-12,16,19-20H,1-2,4,6H2,(H2,15,17,22);1H3,(H,2,3,4)/t7?,8-,10-,11+,12-;/m1./s1. The van der Waals surface area contributed by atoms with Gasteiger partial charge in [-0.3, -0.25) is 13.9 Å². The van der Waals surface area contributed by atoms with Gasteiger partial charge in [-0.05, 0) is 25.5 Å². The number of hydrogen-bond donors (Lipinski definition) is 5. The van der Waals surface area contributed by atoms with Crippen LogP contribution in [0.25, 0.3) is 0 Å². The third-order valence-corrected chi connectivity index (χ3v) is 4.20. The zero-order chi connectivity index (χ0) is 21.8. The highest BCUT2D eigenvalue weighted by atomic mass is 32.2. The molecule has 0 aromatic carbocycles. The van der Waals surface area contributed by atoms with Crippen molar-refractivity contribution < 1.29 is 37.5 Å². The second-order valence-electron chi connectivity index (χ2n) is 6.60. The van der Waals surface area contributed by atoms with E-state index in [1.54, 1.807) is 0 Å². The number of aliphatic hydroxyl groups is 2. The number of carbonyl (C=O) groups excluding carboxylic acids is 1. The summed E-state index contributed by atoms with van der Waals surface area (Å²) < 4.78 is 37.5. The van der Waals surface area contributed by atoms with Crippen LogP contribution in [-0.2, 0) is 24.4 Å². The molecule has 0 spiro atoms. The lowest BCUT2D eigenvalue weighted by Gasteiger charge is -2.17. The Morgan fingerprint density at radius 2 is 2.10 bits per heavy atom. The molecule has 2 aliphatic heterocycles. The normalized spacial score (nSPS) is 29.2. The minimum Gasteiger partial charge on any atom is -0.462 e. The second-order valence-corrected chi connectivity index (χ2v) is 8.07. The third-order valence-electron chi connectivity index (χ3n) is 4.20. The minimum absolute atomic E-state index is 0.0406. The van der Waals surface area contributed by atoms with E-state index >= 15 is 0 Å². The van der Waals surface area contributed by atoms with Crippen LogP contribution in [-0.4, -0.2) is 82.5 Å². The van der Waals surface area contributed by atoms with E-state index in [2.05, 4.69) is 10.3 Å². The van der Waals surface area contributed by atoms with Crippen LogP contribution in [0, 0.1) is 0 Å². The quantitative estimate of drug-likeness (QED) is 0.241. The maximum atomic E-state index is 11.9. The zero-order valence-corrected chi connectivity index (χ0v) is 16.4. The molecule has 164 valence electrons. The van der Waals surface area contributed by atoms with Gasteiger partial charge in [0.15, 0.2) is 6.23 Å². The molecule has 0 aliphatic carbocycles. The van der Waals surface area contributed by atoms with Gasteiger partial charge in [0.2, 0.25) is 0 Å². The number of aromatic nitrogens is 2. The van der Waals surface area contributed by atoms with Crippen molar-refractivity contribution in [2.24, 2.45) is 0 Å². The van der Waals surface area contributed by atoms with Crippen molar-refractivity contribution >= 4 is 21.9 Å². The van der Waals surface area contributed by atoms with Crippen molar-refractivity contribution in [1.29, 1.82) is 0 Å². The number of nitrogens with two attached hydrogens (primary N) is 1. The summed E-state index contributed by atoms with van der Waals surface area (Å²) in [5, 5.41) is 23.2. The number of nitrogens with one attached hydrogen (secondary N) is 1. The van der Waals surface area contributed by atoms with Gasteiger partial charge in [0.1, 0.15) is 36.8 Å². The first-order valence-electron chi connectivity index (χ1n) is 8.66. The van der Waals surface area contributed by atoms with Crippen LogP contribution in [0.15, 0.2) is 17.1 Å². The Bertz CT molecular complexity index is 861. The van der Waals surface area contributed by atoms with Gasteiger partial charge in [0.25, 0.3) is 10.1 Å². The molecular weight excluding hydrogens is 412 g/mol. The lowest BCUT2D eigenvalue weighted by molar-refractivity contribution is -0.152. The Morgan fingerprint density at radius 3 is 2.66 bits per heavy atom. The number of nitrogen functional groups attached to an aromatic ring is 1. The van der Waals surface area contributed by atoms with Crippen LogP contribution in [0.1, 0.15) is 19.1 Å². The smallest absolute Gasteiger partial charge is 0.351 e. The van der Waals surface area contributed by atoms with E-state index in [4.69, 9.17) is 19.8 Å². The van der Waals surface area contributed by atoms with Crippen molar-refractivity contribution in [2.45, 2.75) is 43.4 Å². The van der Waals surface area contributed by atoms with E-state index in [1.807, 2.05) is 0 Å². The number of nitrogens with zero attached hydrogens (tertiary/aromatic N) is 2. The van der Waals surface area contributed by atoms with E-state index in [-0.39, 0.29) is 18.5 Å². The summed E-state index contributed by atoms with van der Waals surface area (Å²) in [7, 11) is -3.67. The van der Waals surface area contributed by atoms with Gasteiger partial charge < -0.3 is 30.7 Å². The molecule has 14 heteroatoms. The first kappa shape index (κ1) is 23.2. The average Bonchev–Trinajstić information content (AvgIpc) is 3.23. The van der Waals surface area contributed by atoms with Gasteiger partial charge in [0, 0.05) is 6.20 Å². The predicted molar refractivity (Wildman–Crippen MR) is 98.3 cm³/mol. The van der Waals surface area contributed by atoms with Gasteiger partial charge in [-0.15, -0.1) is 0 Å². The number of carbonyl (C=O) groups is 1. The Kier molecular flexibility index (Phi) is 7.67. The molecule has 0 amide bonds. The van der Waals surface area contributed by atoms with Crippen LogP contribution in [0.4, 0.5) is 5.82 Å². The van der Waals surface area contributed by atoms with E-state index in [9.17, 15) is 28.2 Å². The topological polar surface area (TPSA) is 203 Å². The van der Waals surface area contributed by atoms with Gasteiger partial charge >= 0.3 is 11.7 Å². The molecule has 0 radical (unpaired) electrons. The lowest BCUT2D eigenvalue weighted by Crippen LogP contribution is -2.38. The summed E-state index contributed by atoms with van der Waals surface area (Å²) in [4.78, 5) is 27.2. The molecule has 6 N–H and O–H groups in total. The Balaban J connectivity index is 0.000000537. The highest BCUT2D eigenvalue weighted by Gasteiger charge is 2.45. The van der Waals surface area contributed by atoms with Crippen molar-refractivity contribution in [2.75, 3.05) is 25.1 Å². The van der Waals surface area contributed by atoms with Crippen LogP contribution in [0.3, 0.4) is 0 Å². The number of ether oxygens (including phenoxy) is 2. The molecule has 3 rings (SSSR count). The number of hydrogen-bond acceptors (Lipinski definition) is 11. The summed E-state index contributed by atoms with van der Waals surface area (Å²) >= 11 is 0. The Hall–Kier alpha value is -2.10. The van der Waals surface area contributed by atoms with Gasteiger partial charge in [-0.1, -0.05) is 0 Å². The molecule has 1 unspecified atom stereocenters. The lowest BCUT2D eigenvalue weighted by atomic mass is 10.1. The van der Waals surface area contributed by atoms with Crippen LogP contribution >= 0.6 is 0 Å². The average molecular weight is 436 g/mol. The van der Waals surface area contributed by atoms with Crippen molar-refractivity contribution in [3.63, 3.8) is 0 Å². The third kappa shape index (κ3) is 6.73. The molecular formula is C15H24N4O9S. The van der Waals surface area contributed by atoms with Crippen LogP contribution in [0.5, 0.6) is 0 Å². The fourth-order valence-electron chi connectivity index (χ4n) is 2.87. The van der Waals surface area contributed by atoms with Crippen molar-refractivity contribution in [3.05, 3.63) is 22.7 Å². The molecule has 0 saturated carbocycles. The first-order chi connectivity index (χ1) is 13.5. The largest absolute Gasteiger partial charge is 0.462 e. The van der Waals surface area contributed by atoms with Crippen LogP contribution < -0.4 is 16.7 Å². The molecule has 1 aromatic heterocycles. The van der Waals surface area contributed by atoms with Gasteiger partial charge in [-0.25, -0.2) is 4.79 Å². The monoisotopic (exact) mass is 436 g/mol. The van der Waals surface area contributed by atoms with Crippen molar-refractivity contribution in [3.8, 4) is 0 Å². The summed E-state index contributed by atoms with van der Waals surface area (Å²) in [6.45, 7) is 0.541. The molecule has 13 nitrogen and oxygen atoms in total. The van der Waals surface area contributed by atoms with Gasteiger partial charge in [-0.2, -0.15) is 13.4 Å². The molecule has 1 aromatic rings. The molecule has 2 aliphatic rings. The van der Waals surface area contributed by atoms with E-state index in [0.717, 1.165) is 17.5 Å². The summed E-state index contributed by atoms with van der Waals surface area (Å²) in [5.74, 6) is -0.383. The second kappa shape index (κ2) is 9.60. The van der Waals surface area contributed by atoms with Gasteiger partial charge in [0.05, 0.1) is 6.26 Å². The SMILES string of the molecule is CS(=O)(=O)O.Nc1ccn([C@@H]2O[C@H](COC(=O)C3CCCN3)[C@@H](O)[C@@H]2O)c(=O)n1. The zero-order valence-electron chi connectivity index (χ0n) is 15.5. The van der Waals surface area contributed by atoms with Crippen LogP contribution in [0.2, 0.25) is 0 Å². The molecule has 5 atom stereocenters. The fourth-order valence-corrected chi connectivity index (χ4v) is 2.87. The molecule has 3 heterocycles. The Labute approximate surface area is 166 Å². The number of esters is 1. The van der Waals surface area contributed by atoms with E-state index in [1.165, 1.54) is 12.3 Å². The van der Waals surface area contributed by atoms with Crippen molar-refractivity contribution in [1.82, 2.24) is 14.9 Å². The minimum atomic E-state index is -3.67. The first-order valence-corrected chi connectivity index (χ1v) is 10.5. The summed E-state index contributed by atoms with van der Waals surface area (Å²) in [5.41, 5.74) is 4.71. The number of rotatable bonds is 4. The molecule has 29 heavy (non-hydrogen) atoms. The summed E-state index contributed by atoms with van der Waals surface area (Å²) in [6, 6.07) is 1.02. The summed E-state index contributed by atoms with van der Waals surface area (Å²) in [6.07, 6.45) is -1.10. The molecule has 2 saturated heterocycles. The number of aliphatic hydroxyl groups excluding tert-OH is 2. The molecule has 2 fully saturated rings. The van der Waals surface area contributed by atoms with E-state index in [0.29, 0.717) is 12.7 Å². The highest BCUT2D eigenvalue weighted by Crippen LogP contribution is 2.28. The fraction of sp³-hybridized carbons (Fsp3) is 0.667. The number of anilines is 1. The Morgan fingerprint density at radius 1 is 1.45 bits per heavy atom. The predicted octanol–water partition coefficient (Wildman–Crippen LogP) is -2.76. The molecule has 0 bridgehead atoms. The maximum absolute atomic E-state index is 11.9. The van der Waals surface area contributed by atoms with E-state index < -0.39 is 46.3 Å².